The van der Waals surface area contributed by atoms with E-state index in [0.717, 1.165) is 50.3 Å². The number of rotatable bonds is 5. The molecule has 5 rings (SSSR count). The molecule has 0 radical (unpaired) electrons. The van der Waals surface area contributed by atoms with Crippen LogP contribution in [-0.2, 0) is 5.41 Å². The lowest BCUT2D eigenvalue weighted by atomic mass is 9.57. The summed E-state index contributed by atoms with van der Waals surface area (Å²) in [4.78, 5) is 17.8. The molecule has 1 heterocycles. The quantitative estimate of drug-likeness (QED) is 0.766. The number of piperidine rings is 1. The molecule has 1 aliphatic heterocycles. The van der Waals surface area contributed by atoms with Gasteiger partial charge in [-0.25, -0.2) is 0 Å². The standard InChI is InChI=1S/C27H34N2O2/c1-28(26(31)21-6-3-2-4-7-21)24-13-12-23-19-29(18-20-10-11-20)15-14-27(23,17-24)22-8-5-9-25(30)16-22/h2-9,16,20,23-24,30H,10-15,17-19H2,1H3/t23-,24+,27+/m1/s1. The van der Waals surface area contributed by atoms with E-state index in [1.165, 1.54) is 24.9 Å². The summed E-state index contributed by atoms with van der Waals surface area (Å²) in [5, 5.41) is 10.2. The molecule has 2 aromatic rings. The molecule has 4 nitrogen and oxygen atoms in total. The average Bonchev–Trinajstić information content (AvgIpc) is 3.62. The van der Waals surface area contributed by atoms with Gasteiger partial charge in [-0.15, -0.1) is 0 Å². The number of carbonyl (C=O) groups is 1. The van der Waals surface area contributed by atoms with Crippen molar-refractivity contribution in [3.63, 3.8) is 0 Å². The molecule has 0 spiro atoms. The fourth-order valence-corrected chi connectivity index (χ4v) is 6.12. The molecule has 2 aromatic carbocycles. The van der Waals surface area contributed by atoms with Crippen LogP contribution in [0.2, 0.25) is 0 Å². The molecule has 0 bridgehead atoms. The van der Waals surface area contributed by atoms with Gasteiger partial charge in [-0.3, -0.25) is 4.79 Å². The summed E-state index contributed by atoms with van der Waals surface area (Å²) < 4.78 is 0. The highest BCUT2D eigenvalue weighted by atomic mass is 16.3. The van der Waals surface area contributed by atoms with Crippen LogP contribution in [-0.4, -0.2) is 53.5 Å². The molecule has 0 aromatic heterocycles. The van der Waals surface area contributed by atoms with Crippen LogP contribution >= 0.6 is 0 Å². The first-order valence-electron chi connectivity index (χ1n) is 11.9. The zero-order chi connectivity index (χ0) is 21.4. The molecule has 3 fully saturated rings. The van der Waals surface area contributed by atoms with Gasteiger partial charge in [0, 0.05) is 37.2 Å². The van der Waals surface area contributed by atoms with Crippen LogP contribution in [0.4, 0.5) is 0 Å². The Hall–Kier alpha value is -2.33. The number of amides is 1. The first-order chi connectivity index (χ1) is 15.0. The highest BCUT2D eigenvalue weighted by Crippen LogP contribution is 2.51. The Morgan fingerprint density at radius 1 is 1.10 bits per heavy atom. The molecule has 3 atom stereocenters. The van der Waals surface area contributed by atoms with E-state index in [2.05, 4.69) is 11.0 Å². The van der Waals surface area contributed by atoms with E-state index < -0.39 is 0 Å². The maximum absolute atomic E-state index is 13.2. The summed E-state index contributed by atoms with van der Waals surface area (Å²) in [6, 6.07) is 17.8. The minimum absolute atomic E-state index is 0.0347. The molecule has 0 unspecified atom stereocenters. The van der Waals surface area contributed by atoms with Crippen molar-refractivity contribution >= 4 is 5.91 Å². The Bertz CT molecular complexity index is 926. The number of carbonyl (C=O) groups excluding carboxylic acids is 1. The van der Waals surface area contributed by atoms with Crippen LogP contribution in [0.25, 0.3) is 0 Å². The lowest BCUT2D eigenvalue weighted by Gasteiger charge is -2.54. The van der Waals surface area contributed by atoms with Crippen molar-refractivity contribution in [1.82, 2.24) is 9.80 Å². The number of hydrogen-bond acceptors (Lipinski definition) is 3. The monoisotopic (exact) mass is 418 g/mol. The van der Waals surface area contributed by atoms with Crippen LogP contribution in [0.1, 0.15) is 54.4 Å². The topological polar surface area (TPSA) is 43.8 Å². The number of fused-ring (bicyclic) bond motifs is 1. The molecule has 1 N–H and O–H groups in total. The van der Waals surface area contributed by atoms with Crippen molar-refractivity contribution < 1.29 is 9.90 Å². The van der Waals surface area contributed by atoms with E-state index in [0.29, 0.717) is 11.7 Å². The summed E-state index contributed by atoms with van der Waals surface area (Å²) in [7, 11) is 1.97. The molecular formula is C27H34N2O2. The highest BCUT2D eigenvalue weighted by Gasteiger charge is 2.49. The maximum atomic E-state index is 13.2. The van der Waals surface area contributed by atoms with Crippen LogP contribution in [0.5, 0.6) is 5.75 Å². The van der Waals surface area contributed by atoms with E-state index in [1.807, 2.05) is 54.4 Å². The second-order valence-electron chi connectivity index (χ2n) is 10.1. The third-order valence-electron chi connectivity index (χ3n) is 8.11. The van der Waals surface area contributed by atoms with Gasteiger partial charge in [-0.05, 0) is 86.7 Å². The van der Waals surface area contributed by atoms with Crippen molar-refractivity contribution in [2.75, 3.05) is 26.7 Å². The predicted octanol–water partition coefficient (Wildman–Crippen LogP) is 4.69. The third-order valence-corrected chi connectivity index (χ3v) is 8.11. The maximum Gasteiger partial charge on any atom is 0.253 e. The van der Waals surface area contributed by atoms with Crippen LogP contribution < -0.4 is 0 Å². The van der Waals surface area contributed by atoms with Crippen LogP contribution in [0.15, 0.2) is 54.6 Å². The number of phenolic OH excluding ortho intramolecular Hbond substituents is 1. The number of aromatic hydroxyl groups is 1. The minimum Gasteiger partial charge on any atom is -0.508 e. The Balaban J connectivity index is 1.41. The van der Waals surface area contributed by atoms with Crippen LogP contribution in [0.3, 0.4) is 0 Å². The van der Waals surface area contributed by atoms with Gasteiger partial charge in [-0.2, -0.15) is 0 Å². The van der Waals surface area contributed by atoms with Crippen molar-refractivity contribution in [2.24, 2.45) is 11.8 Å². The molecule has 3 aliphatic rings. The van der Waals surface area contributed by atoms with Gasteiger partial charge in [0.25, 0.3) is 5.91 Å². The molecule has 2 aliphatic carbocycles. The van der Waals surface area contributed by atoms with E-state index in [4.69, 9.17) is 0 Å². The van der Waals surface area contributed by atoms with Gasteiger partial charge >= 0.3 is 0 Å². The smallest absolute Gasteiger partial charge is 0.253 e. The molecule has 1 amide bonds. The van der Waals surface area contributed by atoms with Gasteiger partial charge in [0.2, 0.25) is 0 Å². The van der Waals surface area contributed by atoms with Crippen molar-refractivity contribution in [3.05, 3.63) is 65.7 Å². The predicted molar refractivity (Wildman–Crippen MR) is 123 cm³/mol. The second-order valence-corrected chi connectivity index (χ2v) is 10.1. The lowest BCUT2D eigenvalue weighted by Crippen LogP contribution is -2.56. The van der Waals surface area contributed by atoms with E-state index in [9.17, 15) is 9.90 Å². The van der Waals surface area contributed by atoms with E-state index in [1.54, 1.807) is 6.07 Å². The largest absolute Gasteiger partial charge is 0.508 e. The average molecular weight is 419 g/mol. The number of nitrogens with zero attached hydrogens (tertiary/aromatic N) is 2. The first kappa shape index (κ1) is 20.6. The number of benzene rings is 2. The Morgan fingerprint density at radius 2 is 1.90 bits per heavy atom. The first-order valence-corrected chi connectivity index (χ1v) is 11.9. The molecular weight excluding hydrogens is 384 g/mol. The normalized spacial score (nSPS) is 28.7. The molecule has 4 heteroatoms. The summed E-state index contributed by atoms with van der Waals surface area (Å²) in [5.41, 5.74) is 2.05. The van der Waals surface area contributed by atoms with Crippen molar-refractivity contribution in [2.45, 2.75) is 50.0 Å². The Kier molecular flexibility index (Phi) is 5.51. The van der Waals surface area contributed by atoms with Crippen LogP contribution in [0, 0.1) is 11.8 Å². The fraction of sp³-hybridized carbons (Fsp3) is 0.519. The lowest BCUT2D eigenvalue weighted by molar-refractivity contribution is 0.0175. The van der Waals surface area contributed by atoms with Gasteiger partial charge in [0.1, 0.15) is 5.75 Å². The zero-order valence-electron chi connectivity index (χ0n) is 18.5. The van der Waals surface area contributed by atoms with Gasteiger partial charge in [-0.1, -0.05) is 30.3 Å². The minimum atomic E-state index is 0.0347. The number of likely N-dealkylation sites (tertiary alicyclic amines) is 1. The van der Waals surface area contributed by atoms with E-state index in [-0.39, 0.29) is 17.4 Å². The van der Waals surface area contributed by atoms with Gasteiger partial charge in [0.15, 0.2) is 0 Å². The SMILES string of the molecule is CN(C(=O)c1ccccc1)[C@H]1CC[C@@H]2CN(CC3CC3)CC[C@@]2(c2cccc(O)c2)C1. The van der Waals surface area contributed by atoms with Crippen molar-refractivity contribution in [1.29, 1.82) is 0 Å². The van der Waals surface area contributed by atoms with Gasteiger partial charge in [0.05, 0.1) is 0 Å². The number of phenols is 1. The summed E-state index contributed by atoms with van der Waals surface area (Å²) >= 11 is 0. The molecule has 2 saturated carbocycles. The molecule has 164 valence electrons. The molecule has 31 heavy (non-hydrogen) atoms. The summed E-state index contributed by atoms with van der Waals surface area (Å²) in [6.07, 6.45) is 7.07. The zero-order valence-corrected chi connectivity index (χ0v) is 18.5. The summed E-state index contributed by atoms with van der Waals surface area (Å²) in [6.45, 7) is 3.52. The Labute approximate surface area is 185 Å². The highest BCUT2D eigenvalue weighted by molar-refractivity contribution is 5.94. The van der Waals surface area contributed by atoms with Gasteiger partial charge < -0.3 is 14.9 Å². The third kappa shape index (κ3) is 4.10. The number of hydrogen-bond donors (Lipinski definition) is 1. The fourth-order valence-electron chi connectivity index (χ4n) is 6.12. The van der Waals surface area contributed by atoms with E-state index >= 15 is 0 Å². The second kappa shape index (κ2) is 8.31. The summed E-state index contributed by atoms with van der Waals surface area (Å²) in [5.74, 6) is 1.96. The molecule has 1 saturated heterocycles. The van der Waals surface area contributed by atoms with Crippen molar-refractivity contribution in [3.8, 4) is 5.75 Å². The Morgan fingerprint density at radius 3 is 2.65 bits per heavy atom.